The van der Waals surface area contributed by atoms with Crippen molar-refractivity contribution < 1.29 is 17.9 Å². The van der Waals surface area contributed by atoms with Gasteiger partial charge in [0, 0.05) is 0 Å². The molecule has 3 aromatic carbocycles. The summed E-state index contributed by atoms with van der Waals surface area (Å²) in [5.74, 6) is 0.355. The van der Waals surface area contributed by atoms with Gasteiger partial charge in [-0.1, -0.05) is 49.4 Å². The van der Waals surface area contributed by atoms with Crippen molar-refractivity contribution in [2.45, 2.75) is 38.1 Å². The molecule has 0 fully saturated rings. The molecule has 3 aromatic rings. The maximum Gasteiger partial charge on any atom is 0.264 e. The highest BCUT2D eigenvalue weighted by molar-refractivity contribution is 7.92. The molecular formula is C26H30N2O4S. The summed E-state index contributed by atoms with van der Waals surface area (Å²) in [7, 11) is -2.35. The first kappa shape index (κ1) is 24.3. The fourth-order valence-corrected chi connectivity index (χ4v) is 5.15. The lowest BCUT2D eigenvalue weighted by molar-refractivity contribution is -0.120. The lowest BCUT2D eigenvalue weighted by Crippen LogP contribution is -2.42. The van der Waals surface area contributed by atoms with Gasteiger partial charge < -0.3 is 10.1 Å². The molecule has 1 atom stereocenters. The summed E-state index contributed by atoms with van der Waals surface area (Å²) in [4.78, 5) is 13.3. The monoisotopic (exact) mass is 466 g/mol. The first-order valence-corrected chi connectivity index (χ1v) is 12.3. The summed E-state index contributed by atoms with van der Waals surface area (Å²) in [6, 6.07) is 20.9. The molecule has 0 radical (unpaired) electrons. The van der Waals surface area contributed by atoms with Gasteiger partial charge in [0.25, 0.3) is 10.0 Å². The molecule has 0 heterocycles. The van der Waals surface area contributed by atoms with Gasteiger partial charge in [-0.2, -0.15) is 0 Å². The van der Waals surface area contributed by atoms with E-state index in [9.17, 15) is 13.2 Å². The Balaban J connectivity index is 1.92. The molecule has 0 spiro atoms. The van der Waals surface area contributed by atoms with Crippen molar-refractivity contribution >= 4 is 21.6 Å². The molecule has 33 heavy (non-hydrogen) atoms. The normalized spacial score (nSPS) is 12.1. The highest BCUT2D eigenvalue weighted by Gasteiger charge is 2.29. The summed E-state index contributed by atoms with van der Waals surface area (Å²) in [6.45, 7) is 5.43. The fourth-order valence-electron chi connectivity index (χ4n) is 3.65. The summed E-state index contributed by atoms with van der Waals surface area (Å²) in [5.41, 5.74) is 3.18. The van der Waals surface area contributed by atoms with Gasteiger partial charge in [-0.3, -0.25) is 9.10 Å². The Kier molecular flexibility index (Phi) is 7.76. The number of carbonyl (C=O) groups excluding carboxylic acids is 1. The zero-order chi connectivity index (χ0) is 24.0. The summed E-state index contributed by atoms with van der Waals surface area (Å²) >= 11 is 0. The molecule has 0 aromatic heterocycles. The van der Waals surface area contributed by atoms with Crippen LogP contribution in [0.5, 0.6) is 5.75 Å². The van der Waals surface area contributed by atoms with Crippen molar-refractivity contribution in [2.24, 2.45) is 0 Å². The van der Waals surface area contributed by atoms with Crippen LogP contribution in [0.4, 0.5) is 5.69 Å². The zero-order valence-corrected chi connectivity index (χ0v) is 20.2. The van der Waals surface area contributed by atoms with Gasteiger partial charge in [0.1, 0.15) is 12.3 Å². The number of hydrogen-bond acceptors (Lipinski definition) is 4. The first-order valence-electron chi connectivity index (χ1n) is 10.8. The zero-order valence-electron chi connectivity index (χ0n) is 19.4. The van der Waals surface area contributed by atoms with Crippen molar-refractivity contribution in [3.8, 4) is 5.75 Å². The van der Waals surface area contributed by atoms with E-state index in [-0.39, 0.29) is 23.4 Å². The number of nitrogens with zero attached hydrogens (tertiary/aromatic N) is 1. The van der Waals surface area contributed by atoms with Crippen LogP contribution in [-0.4, -0.2) is 28.0 Å². The minimum atomic E-state index is -3.95. The van der Waals surface area contributed by atoms with Crippen LogP contribution in [0.1, 0.15) is 36.1 Å². The van der Waals surface area contributed by atoms with Gasteiger partial charge in [-0.15, -0.1) is 0 Å². The number of methoxy groups -OCH3 is 1. The Morgan fingerprint density at radius 3 is 2.24 bits per heavy atom. The maximum absolute atomic E-state index is 13.6. The number of anilines is 1. The van der Waals surface area contributed by atoms with Crippen molar-refractivity contribution in [1.29, 1.82) is 0 Å². The van der Waals surface area contributed by atoms with Crippen LogP contribution in [0.2, 0.25) is 0 Å². The molecule has 0 aliphatic carbocycles. The second kappa shape index (κ2) is 10.5. The van der Waals surface area contributed by atoms with Crippen molar-refractivity contribution in [3.63, 3.8) is 0 Å². The minimum absolute atomic E-state index is 0.140. The molecule has 1 N–H and O–H groups in total. The second-order valence-corrected chi connectivity index (χ2v) is 9.71. The third-order valence-electron chi connectivity index (χ3n) is 5.72. The third kappa shape index (κ3) is 5.54. The lowest BCUT2D eigenvalue weighted by atomic mass is 10.0. The summed E-state index contributed by atoms with van der Waals surface area (Å²) in [5, 5.41) is 2.99. The number of benzene rings is 3. The van der Waals surface area contributed by atoms with Crippen molar-refractivity contribution in [3.05, 3.63) is 89.5 Å². The van der Waals surface area contributed by atoms with Crippen LogP contribution >= 0.6 is 0 Å². The molecule has 0 saturated carbocycles. The molecule has 0 unspecified atom stereocenters. The molecule has 6 nitrogen and oxygen atoms in total. The van der Waals surface area contributed by atoms with E-state index in [1.54, 1.807) is 37.4 Å². The van der Waals surface area contributed by atoms with Crippen LogP contribution in [0.3, 0.4) is 0 Å². The Bertz CT molecular complexity index is 1190. The van der Waals surface area contributed by atoms with Gasteiger partial charge in [0.15, 0.2) is 0 Å². The average molecular weight is 467 g/mol. The van der Waals surface area contributed by atoms with Gasteiger partial charge in [-0.05, 0) is 67.3 Å². The largest absolute Gasteiger partial charge is 0.497 e. The maximum atomic E-state index is 13.6. The van der Waals surface area contributed by atoms with Gasteiger partial charge >= 0.3 is 0 Å². The quantitative estimate of drug-likeness (QED) is 0.493. The number of aryl methyl sites for hydroxylation is 1. The van der Waals surface area contributed by atoms with Crippen LogP contribution < -0.4 is 14.4 Å². The molecule has 0 saturated heterocycles. The second-order valence-electron chi connectivity index (χ2n) is 7.85. The first-order chi connectivity index (χ1) is 15.8. The Morgan fingerprint density at radius 2 is 1.64 bits per heavy atom. The smallest absolute Gasteiger partial charge is 0.264 e. The van der Waals surface area contributed by atoms with Crippen LogP contribution in [-0.2, 0) is 14.8 Å². The van der Waals surface area contributed by atoms with E-state index in [4.69, 9.17) is 4.74 Å². The van der Waals surface area contributed by atoms with E-state index < -0.39 is 10.0 Å². The predicted molar refractivity (Wildman–Crippen MR) is 131 cm³/mol. The van der Waals surface area contributed by atoms with Crippen LogP contribution in [0, 0.1) is 13.8 Å². The van der Waals surface area contributed by atoms with Crippen LogP contribution in [0.25, 0.3) is 0 Å². The number of carbonyl (C=O) groups is 1. The number of sulfonamides is 1. The number of nitrogens with one attached hydrogen (secondary N) is 1. The molecule has 3 rings (SSSR count). The summed E-state index contributed by atoms with van der Waals surface area (Å²) in [6.07, 6.45) is 0.660. The Labute approximate surface area is 196 Å². The van der Waals surface area contributed by atoms with Gasteiger partial charge in [-0.25, -0.2) is 8.42 Å². The fraction of sp³-hybridized carbons (Fsp3) is 0.269. The average Bonchev–Trinajstić information content (AvgIpc) is 2.83. The lowest BCUT2D eigenvalue weighted by Gasteiger charge is -2.27. The van der Waals surface area contributed by atoms with E-state index in [1.807, 2.05) is 51.1 Å². The molecule has 1 amide bonds. The highest BCUT2D eigenvalue weighted by atomic mass is 32.2. The Hall–Kier alpha value is -3.32. The molecule has 0 aliphatic heterocycles. The Morgan fingerprint density at radius 1 is 0.970 bits per heavy atom. The van der Waals surface area contributed by atoms with E-state index in [0.29, 0.717) is 12.1 Å². The molecular weight excluding hydrogens is 436 g/mol. The van der Waals surface area contributed by atoms with E-state index in [2.05, 4.69) is 5.32 Å². The van der Waals surface area contributed by atoms with Crippen LogP contribution in [0.15, 0.2) is 77.7 Å². The van der Waals surface area contributed by atoms with Gasteiger partial charge in [0.2, 0.25) is 5.91 Å². The molecule has 0 aliphatic rings. The summed E-state index contributed by atoms with van der Waals surface area (Å²) < 4.78 is 33.5. The predicted octanol–water partition coefficient (Wildman–Crippen LogP) is 4.77. The van der Waals surface area contributed by atoms with E-state index in [1.165, 1.54) is 16.4 Å². The van der Waals surface area contributed by atoms with Gasteiger partial charge in [0.05, 0.1) is 23.7 Å². The molecule has 174 valence electrons. The highest BCUT2D eigenvalue weighted by Crippen LogP contribution is 2.29. The SMILES string of the molecule is CC[C@H](NC(=O)CN(c1cccc(C)c1C)S(=O)(=O)c1ccccc1)c1ccc(OC)cc1. The molecule has 7 heteroatoms. The van der Waals surface area contributed by atoms with E-state index >= 15 is 0 Å². The number of amides is 1. The number of hydrogen-bond donors (Lipinski definition) is 1. The third-order valence-corrected chi connectivity index (χ3v) is 7.50. The molecule has 0 bridgehead atoms. The van der Waals surface area contributed by atoms with Crippen molar-refractivity contribution in [2.75, 3.05) is 18.0 Å². The van der Waals surface area contributed by atoms with E-state index in [0.717, 1.165) is 22.4 Å². The number of ether oxygens (including phenoxy) is 1. The van der Waals surface area contributed by atoms with Crippen molar-refractivity contribution in [1.82, 2.24) is 5.32 Å². The standard InChI is InChI=1S/C26H30N2O4S/c1-5-24(21-14-16-22(32-4)17-15-21)27-26(29)18-28(25-13-9-10-19(2)20(25)3)33(30,31)23-11-7-6-8-12-23/h6-17,24H,5,18H2,1-4H3,(H,27,29)/t24-/m0/s1. The minimum Gasteiger partial charge on any atom is -0.497 e. The number of rotatable bonds is 9. The topological polar surface area (TPSA) is 75.7 Å².